The van der Waals surface area contributed by atoms with Crippen LogP contribution in [0.4, 0.5) is 14.5 Å². The number of ether oxygens (including phenoxy) is 1. The molecule has 0 saturated carbocycles. The lowest BCUT2D eigenvalue weighted by Crippen LogP contribution is -2.06. The molecule has 0 amide bonds. The number of anilines is 1. The summed E-state index contributed by atoms with van der Waals surface area (Å²) in [5, 5.41) is 12.3. The van der Waals surface area contributed by atoms with Gasteiger partial charge in [0.1, 0.15) is 11.8 Å². The first-order valence-electron chi connectivity index (χ1n) is 6.51. The normalized spacial score (nSPS) is 10.4. The number of halogens is 2. The molecular formula is C15H14F2N4O. The Balaban J connectivity index is 2.09. The van der Waals surface area contributed by atoms with E-state index >= 15 is 0 Å². The first-order chi connectivity index (χ1) is 10.5. The third-order valence-electron chi connectivity index (χ3n) is 2.92. The number of aromatic nitrogens is 2. The van der Waals surface area contributed by atoms with Crippen LogP contribution in [0, 0.1) is 25.2 Å². The van der Waals surface area contributed by atoms with Crippen LogP contribution in [-0.2, 0) is 6.54 Å². The van der Waals surface area contributed by atoms with Crippen molar-refractivity contribution < 1.29 is 13.5 Å². The summed E-state index contributed by atoms with van der Waals surface area (Å²) in [5.41, 5.74) is 3.23. The molecule has 0 aliphatic carbocycles. The molecule has 0 fully saturated rings. The third kappa shape index (κ3) is 3.88. The van der Waals surface area contributed by atoms with E-state index in [1.54, 1.807) is 19.1 Å². The Hall–Kier alpha value is -2.75. The average molecular weight is 304 g/mol. The molecule has 0 spiro atoms. The van der Waals surface area contributed by atoms with Crippen molar-refractivity contribution in [3.63, 3.8) is 0 Å². The number of nitrogens with zero attached hydrogens (tertiary/aromatic N) is 3. The summed E-state index contributed by atoms with van der Waals surface area (Å²) < 4.78 is 28.3. The second-order valence-corrected chi connectivity index (χ2v) is 4.60. The molecule has 2 aromatic heterocycles. The minimum absolute atomic E-state index is 0.00654. The Labute approximate surface area is 126 Å². The fourth-order valence-corrected chi connectivity index (χ4v) is 1.98. The molecule has 22 heavy (non-hydrogen) atoms. The molecule has 0 aliphatic heterocycles. The Morgan fingerprint density at radius 1 is 1.36 bits per heavy atom. The van der Waals surface area contributed by atoms with E-state index in [9.17, 15) is 14.0 Å². The van der Waals surface area contributed by atoms with Crippen LogP contribution in [0.15, 0.2) is 24.4 Å². The Bertz CT molecular complexity index is 696. The fourth-order valence-electron chi connectivity index (χ4n) is 1.98. The molecule has 0 atom stereocenters. The van der Waals surface area contributed by atoms with Crippen LogP contribution >= 0.6 is 0 Å². The molecule has 0 unspecified atom stereocenters. The van der Waals surface area contributed by atoms with Crippen LogP contribution in [0.25, 0.3) is 0 Å². The van der Waals surface area contributed by atoms with E-state index in [1.807, 2.05) is 6.92 Å². The van der Waals surface area contributed by atoms with Crippen molar-refractivity contribution >= 4 is 5.69 Å². The van der Waals surface area contributed by atoms with Gasteiger partial charge in [0.25, 0.3) is 0 Å². The first kappa shape index (κ1) is 15.6. The second kappa shape index (κ2) is 6.80. The topological polar surface area (TPSA) is 70.8 Å². The molecule has 114 valence electrons. The maximum absolute atomic E-state index is 12.1. The molecule has 1 N–H and O–H groups in total. The van der Waals surface area contributed by atoms with Crippen molar-refractivity contribution in [3.05, 3.63) is 47.0 Å². The van der Waals surface area contributed by atoms with Crippen molar-refractivity contribution in [1.82, 2.24) is 9.97 Å². The standard InChI is InChI=1S/C15H14F2N4O/c1-9-5-14(13(6-18)10(2)21-9)20-7-11-3-4-12(8-19-11)22-15(16)17/h3-5,8,15H,7H2,1-2H3,(H,20,21). The van der Waals surface area contributed by atoms with E-state index in [1.165, 1.54) is 12.3 Å². The highest BCUT2D eigenvalue weighted by atomic mass is 19.3. The number of hydrogen-bond donors (Lipinski definition) is 1. The minimum atomic E-state index is -2.87. The summed E-state index contributed by atoms with van der Waals surface area (Å²) in [5.74, 6) is 0.00654. The maximum Gasteiger partial charge on any atom is 0.387 e. The van der Waals surface area contributed by atoms with Crippen LogP contribution in [-0.4, -0.2) is 16.6 Å². The van der Waals surface area contributed by atoms with Gasteiger partial charge < -0.3 is 10.1 Å². The number of rotatable bonds is 5. The smallest absolute Gasteiger partial charge is 0.387 e. The van der Waals surface area contributed by atoms with Crippen molar-refractivity contribution in [3.8, 4) is 11.8 Å². The lowest BCUT2D eigenvalue weighted by Gasteiger charge is -2.11. The van der Waals surface area contributed by atoms with E-state index in [0.29, 0.717) is 29.2 Å². The number of nitriles is 1. The number of hydrogen-bond acceptors (Lipinski definition) is 5. The van der Waals surface area contributed by atoms with Gasteiger partial charge >= 0.3 is 6.61 Å². The van der Waals surface area contributed by atoms with Crippen molar-refractivity contribution in [2.75, 3.05) is 5.32 Å². The van der Waals surface area contributed by atoms with Crippen LogP contribution in [0.3, 0.4) is 0 Å². The molecule has 0 aromatic carbocycles. The number of nitrogens with one attached hydrogen (secondary N) is 1. The summed E-state index contributed by atoms with van der Waals surface area (Å²) >= 11 is 0. The predicted octanol–water partition coefficient (Wildman–Crippen LogP) is 3.18. The summed E-state index contributed by atoms with van der Waals surface area (Å²) in [6.45, 7) is 1.10. The molecule has 0 saturated heterocycles. The Kier molecular flexibility index (Phi) is 4.84. The predicted molar refractivity (Wildman–Crippen MR) is 76.6 cm³/mol. The van der Waals surface area contributed by atoms with Gasteiger partial charge in [0, 0.05) is 5.69 Å². The highest BCUT2D eigenvalue weighted by molar-refractivity contribution is 5.59. The molecule has 2 rings (SSSR count). The van der Waals surface area contributed by atoms with Gasteiger partial charge in [-0.3, -0.25) is 9.97 Å². The van der Waals surface area contributed by atoms with Gasteiger partial charge in [-0.15, -0.1) is 0 Å². The van der Waals surface area contributed by atoms with Gasteiger partial charge in [-0.2, -0.15) is 14.0 Å². The van der Waals surface area contributed by atoms with Gasteiger partial charge in [0.05, 0.1) is 35.4 Å². The molecule has 5 nitrogen and oxygen atoms in total. The summed E-state index contributed by atoms with van der Waals surface area (Å²) in [7, 11) is 0. The van der Waals surface area contributed by atoms with Gasteiger partial charge in [0.15, 0.2) is 0 Å². The monoisotopic (exact) mass is 304 g/mol. The number of pyridine rings is 2. The Morgan fingerprint density at radius 2 is 2.14 bits per heavy atom. The highest BCUT2D eigenvalue weighted by Gasteiger charge is 2.08. The summed E-state index contributed by atoms with van der Waals surface area (Å²) in [4.78, 5) is 8.26. The zero-order chi connectivity index (χ0) is 16.1. The SMILES string of the molecule is Cc1cc(NCc2ccc(OC(F)F)cn2)c(C#N)c(C)n1. The van der Waals surface area contributed by atoms with E-state index in [0.717, 1.165) is 5.69 Å². The van der Waals surface area contributed by atoms with Crippen molar-refractivity contribution in [1.29, 1.82) is 5.26 Å². The molecule has 0 radical (unpaired) electrons. The van der Waals surface area contributed by atoms with Crippen molar-refractivity contribution in [2.45, 2.75) is 27.0 Å². The Morgan fingerprint density at radius 3 is 2.73 bits per heavy atom. The van der Waals surface area contributed by atoms with Crippen LogP contribution < -0.4 is 10.1 Å². The third-order valence-corrected chi connectivity index (χ3v) is 2.92. The van der Waals surface area contributed by atoms with E-state index in [-0.39, 0.29) is 5.75 Å². The molecule has 0 bridgehead atoms. The summed E-state index contributed by atoms with van der Waals surface area (Å²) in [6.07, 6.45) is 1.23. The average Bonchev–Trinajstić information content (AvgIpc) is 2.45. The highest BCUT2D eigenvalue weighted by Crippen LogP contribution is 2.20. The molecule has 7 heteroatoms. The number of aryl methyl sites for hydroxylation is 2. The van der Waals surface area contributed by atoms with E-state index in [4.69, 9.17) is 0 Å². The lowest BCUT2D eigenvalue weighted by molar-refractivity contribution is -0.0500. The van der Waals surface area contributed by atoms with Gasteiger partial charge in [0.2, 0.25) is 0 Å². The van der Waals surface area contributed by atoms with Gasteiger partial charge in [-0.1, -0.05) is 0 Å². The van der Waals surface area contributed by atoms with Crippen LogP contribution in [0.5, 0.6) is 5.75 Å². The second-order valence-electron chi connectivity index (χ2n) is 4.60. The lowest BCUT2D eigenvalue weighted by atomic mass is 10.1. The van der Waals surface area contributed by atoms with Gasteiger partial charge in [-0.25, -0.2) is 0 Å². The van der Waals surface area contributed by atoms with Crippen LogP contribution in [0.2, 0.25) is 0 Å². The van der Waals surface area contributed by atoms with Gasteiger partial charge in [-0.05, 0) is 32.0 Å². The number of alkyl halides is 2. The minimum Gasteiger partial charge on any atom is -0.433 e. The largest absolute Gasteiger partial charge is 0.433 e. The quantitative estimate of drug-likeness (QED) is 0.918. The van der Waals surface area contributed by atoms with Crippen LogP contribution in [0.1, 0.15) is 22.6 Å². The molecular weight excluding hydrogens is 290 g/mol. The zero-order valence-electron chi connectivity index (χ0n) is 12.1. The maximum atomic E-state index is 12.1. The summed E-state index contributed by atoms with van der Waals surface area (Å²) in [6, 6.07) is 6.89. The first-order valence-corrected chi connectivity index (χ1v) is 6.51. The zero-order valence-corrected chi connectivity index (χ0v) is 12.1. The molecule has 2 heterocycles. The van der Waals surface area contributed by atoms with E-state index < -0.39 is 6.61 Å². The van der Waals surface area contributed by atoms with E-state index in [2.05, 4.69) is 26.1 Å². The molecule has 0 aliphatic rings. The van der Waals surface area contributed by atoms with Crippen molar-refractivity contribution in [2.24, 2.45) is 0 Å². The fraction of sp³-hybridized carbons (Fsp3) is 0.267. The molecule has 2 aromatic rings.